The molecule has 3 nitrogen and oxygen atoms in total. The molecule has 1 aromatic carbocycles. The quantitative estimate of drug-likeness (QED) is 0.921. The lowest BCUT2D eigenvalue weighted by molar-refractivity contribution is 0.436. The molecule has 0 bridgehead atoms. The lowest BCUT2D eigenvalue weighted by atomic mass is 9.91. The zero-order valence-electron chi connectivity index (χ0n) is 11.9. The largest absolute Gasteiger partial charge is 0.313 e. The summed E-state index contributed by atoms with van der Waals surface area (Å²) in [6.45, 7) is 4.22. The molecule has 1 aliphatic rings. The number of benzene rings is 1. The van der Waals surface area contributed by atoms with Gasteiger partial charge in [-0.2, -0.15) is 0 Å². The highest BCUT2D eigenvalue weighted by atomic mass is 32.2. The van der Waals surface area contributed by atoms with Crippen LogP contribution in [-0.2, 0) is 9.84 Å². The number of sulfone groups is 1. The Morgan fingerprint density at radius 3 is 2.63 bits per heavy atom. The molecule has 4 heteroatoms. The standard InChI is InChI=1S/C15H23NO2S/c1-11-4-5-14(12(2)8-11)15(16-3)9-13-6-7-19(17,18)10-13/h4-5,8,13,15-16H,6-7,9-10H2,1-3H3. The molecule has 1 fully saturated rings. The van der Waals surface area contributed by atoms with E-state index in [2.05, 4.69) is 37.4 Å². The fourth-order valence-corrected chi connectivity index (χ4v) is 4.89. The van der Waals surface area contributed by atoms with Crippen molar-refractivity contribution in [1.82, 2.24) is 5.32 Å². The molecule has 106 valence electrons. The number of nitrogens with one attached hydrogen (secondary N) is 1. The van der Waals surface area contributed by atoms with Gasteiger partial charge in [-0.25, -0.2) is 8.42 Å². The summed E-state index contributed by atoms with van der Waals surface area (Å²) >= 11 is 0. The highest BCUT2D eigenvalue weighted by Crippen LogP contribution is 2.30. The summed E-state index contributed by atoms with van der Waals surface area (Å²) in [5.41, 5.74) is 3.83. The summed E-state index contributed by atoms with van der Waals surface area (Å²) in [5.74, 6) is 1.01. The van der Waals surface area contributed by atoms with Gasteiger partial charge in [-0.05, 0) is 50.8 Å². The molecule has 0 saturated carbocycles. The smallest absolute Gasteiger partial charge is 0.150 e. The van der Waals surface area contributed by atoms with Crippen molar-refractivity contribution in [2.45, 2.75) is 32.7 Å². The first kappa shape index (κ1) is 14.5. The van der Waals surface area contributed by atoms with E-state index in [9.17, 15) is 8.42 Å². The molecule has 0 radical (unpaired) electrons. The Morgan fingerprint density at radius 2 is 2.11 bits per heavy atom. The van der Waals surface area contributed by atoms with Crippen LogP contribution in [0.5, 0.6) is 0 Å². The van der Waals surface area contributed by atoms with Crippen molar-refractivity contribution in [3.63, 3.8) is 0 Å². The van der Waals surface area contributed by atoms with Gasteiger partial charge in [-0.15, -0.1) is 0 Å². The highest BCUT2D eigenvalue weighted by molar-refractivity contribution is 7.91. The van der Waals surface area contributed by atoms with Crippen LogP contribution in [0.1, 0.15) is 35.6 Å². The van der Waals surface area contributed by atoms with Crippen molar-refractivity contribution >= 4 is 9.84 Å². The minimum Gasteiger partial charge on any atom is -0.313 e. The van der Waals surface area contributed by atoms with E-state index in [0.29, 0.717) is 17.4 Å². The van der Waals surface area contributed by atoms with Gasteiger partial charge < -0.3 is 5.32 Å². The van der Waals surface area contributed by atoms with Crippen LogP contribution in [0.15, 0.2) is 18.2 Å². The lowest BCUT2D eigenvalue weighted by Crippen LogP contribution is -2.21. The number of hydrogen-bond acceptors (Lipinski definition) is 3. The summed E-state index contributed by atoms with van der Waals surface area (Å²) in [5, 5.41) is 3.34. The van der Waals surface area contributed by atoms with Gasteiger partial charge in [0.15, 0.2) is 9.84 Å². The zero-order chi connectivity index (χ0) is 14.0. The SMILES string of the molecule is CNC(CC1CCS(=O)(=O)C1)c1ccc(C)cc1C. The molecular formula is C15H23NO2S. The third-order valence-electron chi connectivity index (χ3n) is 4.04. The van der Waals surface area contributed by atoms with Crippen molar-refractivity contribution in [3.8, 4) is 0 Å². The highest BCUT2D eigenvalue weighted by Gasteiger charge is 2.30. The number of rotatable bonds is 4. The van der Waals surface area contributed by atoms with Crippen LogP contribution in [-0.4, -0.2) is 27.0 Å². The van der Waals surface area contributed by atoms with E-state index >= 15 is 0 Å². The van der Waals surface area contributed by atoms with E-state index in [0.717, 1.165) is 12.8 Å². The molecule has 19 heavy (non-hydrogen) atoms. The second-order valence-electron chi connectivity index (χ2n) is 5.71. The Morgan fingerprint density at radius 1 is 1.37 bits per heavy atom. The van der Waals surface area contributed by atoms with Crippen LogP contribution in [0.25, 0.3) is 0 Å². The Kier molecular flexibility index (Phi) is 4.31. The van der Waals surface area contributed by atoms with Crippen molar-refractivity contribution in [1.29, 1.82) is 0 Å². The van der Waals surface area contributed by atoms with Gasteiger partial charge in [0.25, 0.3) is 0 Å². The van der Waals surface area contributed by atoms with Crippen molar-refractivity contribution in [2.75, 3.05) is 18.6 Å². The summed E-state index contributed by atoms with van der Waals surface area (Å²) < 4.78 is 23.1. The van der Waals surface area contributed by atoms with Gasteiger partial charge in [0.05, 0.1) is 11.5 Å². The topological polar surface area (TPSA) is 46.2 Å². The molecule has 2 unspecified atom stereocenters. The van der Waals surface area contributed by atoms with E-state index in [-0.39, 0.29) is 6.04 Å². The van der Waals surface area contributed by atoms with E-state index in [1.54, 1.807) is 0 Å². The maximum Gasteiger partial charge on any atom is 0.150 e. The predicted molar refractivity (Wildman–Crippen MR) is 79.1 cm³/mol. The zero-order valence-corrected chi connectivity index (χ0v) is 12.8. The summed E-state index contributed by atoms with van der Waals surface area (Å²) in [4.78, 5) is 0. The third-order valence-corrected chi connectivity index (χ3v) is 5.88. The maximum absolute atomic E-state index is 11.5. The Labute approximate surface area is 116 Å². The van der Waals surface area contributed by atoms with Gasteiger partial charge in [-0.1, -0.05) is 23.8 Å². The average molecular weight is 281 g/mol. The fraction of sp³-hybridized carbons (Fsp3) is 0.600. The molecule has 1 aromatic rings. The molecule has 0 amide bonds. The first-order valence-electron chi connectivity index (χ1n) is 6.86. The Bertz CT molecular complexity index is 551. The van der Waals surface area contributed by atoms with Crippen LogP contribution in [0.2, 0.25) is 0 Å². The molecule has 2 atom stereocenters. The molecule has 1 saturated heterocycles. The van der Waals surface area contributed by atoms with E-state index in [1.807, 2.05) is 7.05 Å². The summed E-state index contributed by atoms with van der Waals surface area (Å²) in [6.07, 6.45) is 1.71. The van der Waals surface area contributed by atoms with Crippen LogP contribution < -0.4 is 5.32 Å². The molecule has 0 aromatic heterocycles. The average Bonchev–Trinajstić information content (AvgIpc) is 2.66. The van der Waals surface area contributed by atoms with Crippen molar-refractivity contribution < 1.29 is 8.42 Å². The van der Waals surface area contributed by atoms with Crippen LogP contribution in [0.4, 0.5) is 0 Å². The number of aryl methyl sites for hydroxylation is 2. The first-order chi connectivity index (χ1) is 8.91. The molecule has 1 heterocycles. The van der Waals surface area contributed by atoms with Gasteiger partial charge in [-0.3, -0.25) is 0 Å². The van der Waals surface area contributed by atoms with Crippen LogP contribution in [0, 0.1) is 19.8 Å². The monoisotopic (exact) mass is 281 g/mol. The fourth-order valence-electron chi connectivity index (χ4n) is 3.01. The lowest BCUT2D eigenvalue weighted by Gasteiger charge is -2.22. The maximum atomic E-state index is 11.5. The molecule has 0 aliphatic carbocycles. The molecule has 2 rings (SSSR count). The van der Waals surface area contributed by atoms with E-state index < -0.39 is 9.84 Å². The second-order valence-corrected chi connectivity index (χ2v) is 7.93. The number of hydrogen-bond donors (Lipinski definition) is 1. The summed E-state index contributed by atoms with van der Waals surface area (Å²) in [7, 11) is -0.824. The summed E-state index contributed by atoms with van der Waals surface area (Å²) in [6, 6.07) is 6.72. The van der Waals surface area contributed by atoms with Gasteiger partial charge in [0.2, 0.25) is 0 Å². The second kappa shape index (κ2) is 5.63. The Balaban J connectivity index is 2.12. The molecular weight excluding hydrogens is 258 g/mol. The van der Waals surface area contributed by atoms with Gasteiger partial charge in [0, 0.05) is 6.04 Å². The minimum atomic E-state index is -2.78. The van der Waals surface area contributed by atoms with E-state index in [1.165, 1.54) is 16.7 Å². The van der Waals surface area contributed by atoms with E-state index in [4.69, 9.17) is 0 Å². The van der Waals surface area contributed by atoms with Crippen LogP contribution in [0.3, 0.4) is 0 Å². The van der Waals surface area contributed by atoms with Gasteiger partial charge in [0.1, 0.15) is 0 Å². The van der Waals surface area contributed by atoms with Crippen LogP contribution >= 0.6 is 0 Å². The predicted octanol–water partition coefficient (Wildman–Crippen LogP) is 2.39. The first-order valence-corrected chi connectivity index (χ1v) is 8.68. The Hall–Kier alpha value is -0.870. The minimum absolute atomic E-state index is 0.249. The van der Waals surface area contributed by atoms with Gasteiger partial charge >= 0.3 is 0 Å². The normalized spacial score (nSPS) is 23.4. The van der Waals surface area contributed by atoms with Crippen molar-refractivity contribution in [3.05, 3.63) is 34.9 Å². The third kappa shape index (κ3) is 3.57. The van der Waals surface area contributed by atoms with Crippen molar-refractivity contribution in [2.24, 2.45) is 5.92 Å². The molecule has 0 spiro atoms. The molecule has 1 N–H and O–H groups in total. The molecule has 1 aliphatic heterocycles.